The summed E-state index contributed by atoms with van der Waals surface area (Å²) < 4.78 is 38.8. The van der Waals surface area contributed by atoms with E-state index in [9.17, 15) is 18.0 Å². The number of carbonyl (C=O) groups excluding carboxylic acids is 1. The Labute approximate surface area is 123 Å². The quantitative estimate of drug-likeness (QED) is 0.805. The molecule has 8 heteroatoms. The van der Waals surface area contributed by atoms with E-state index in [0.717, 1.165) is 24.2 Å². The van der Waals surface area contributed by atoms with Gasteiger partial charge in [0.2, 0.25) is 5.91 Å². The van der Waals surface area contributed by atoms with Crippen molar-refractivity contribution in [3.05, 3.63) is 22.9 Å². The largest absolute Gasteiger partial charge is 0.417 e. The SMILES string of the molecule is Cc1cc(C(F)(F)F)c(C#N)c(SCC(=O)N2CCC2)n1. The van der Waals surface area contributed by atoms with Gasteiger partial charge in [0.25, 0.3) is 0 Å². The summed E-state index contributed by atoms with van der Waals surface area (Å²) >= 11 is 0.877. The number of aryl methyl sites for hydroxylation is 1. The summed E-state index contributed by atoms with van der Waals surface area (Å²) in [5.41, 5.74) is -1.36. The highest BCUT2D eigenvalue weighted by molar-refractivity contribution is 8.00. The van der Waals surface area contributed by atoms with E-state index in [4.69, 9.17) is 5.26 Å². The van der Waals surface area contributed by atoms with Crippen LogP contribution in [0.15, 0.2) is 11.1 Å². The summed E-state index contributed by atoms with van der Waals surface area (Å²) in [5.74, 6) is -0.158. The van der Waals surface area contributed by atoms with Crippen molar-refractivity contribution in [2.75, 3.05) is 18.8 Å². The minimum atomic E-state index is -4.62. The van der Waals surface area contributed by atoms with E-state index in [1.54, 1.807) is 11.0 Å². The second kappa shape index (κ2) is 5.93. The summed E-state index contributed by atoms with van der Waals surface area (Å²) in [6.07, 6.45) is -3.67. The van der Waals surface area contributed by atoms with Gasteiger partial charge in [-0.15, -0.1) is 0 Å². The fourth-order valence-electron chi connectivity index (χ4n) is 1.87. The minimum absolute atomic E-state index is 0.0115. The van der Waals surface area contributed by atoms with E-state index < -0.39 is 17.3 Å². The Bertz CT molecular complexity index is 606. The summed E-state index contributed by atoms with van der Waals surface area (Å²) in [6, 6.07) is 2.40. The predicted octanol–water partition coefficient (Wildman–Crippen LogP) is 2.60. The van der Waals surface area contributed by atoms with Gasteiger partial charge in [-0.3, -0.25) is 4.79 Å². The van der Waals surface area contributed by atoms with E-state index in [0.29, 0.717) is 13.1 Å². The smallest absolute Gasteiger partial charge is 0.342 e. The van der Waals surface area contributed by atoms with Gasteiger partial charge in [0, 0.05) is 18.8 Å². The van der Waals surface area contributed by atoms with Crippen LogP contribution in [0.5, 0.6) is 0 Å². The van der Waals surface area contributed by atoms with Crippen molar-refractivity contribution in [3.8, 4) is 6.07 Å². The molecule has 21 heavy (non-hydrogen) atoms. The molecule has 0 unspecified atom stereocenters. The molecule has 1 aliphatic heterocycles. The molecule has 1 aromatic heterocycles. The molecule has 0 N–H and O–H groups in total. The van der Waals surface area contributed by atoms with Gasteiger partial charge in [0.1, 0.15) is 11.1 Å². The molecule has 0 radical (unpaired) electrons. The van der Waals surface area contributed by atoms with E-state index in [1.807, 2.05) is 0 Å². The topological polar surface area (TPSA) is 57.0 Å². The Kier molecular flexibility index (Phi) is 4.42. The highest BCUT2D eigenvalue weighted by Gasteiger charge is 2.35. The average molecular weight is 315 g/mol. The third kappa shape index (κ3) is 3.47. The standard InChI is InChI=1S/C13H12F3N3OS/c1-8-5-10(13(14,15)16)9(6-17)12(18-8)21-7-11(20)19-3-2-4-19/h5H,2-4,7H2,1H3. The van der Waals surface area contributed by atoms with Gasteiger partial charge in [-0.2, -0.15) is 18.4 Å². The predicted molar refractivity (Wildman–Crippen MR) is 70.6 cm³/mol. The first-order valence-electron chi connectivity index (χ1n) is 6.22. The fourth-order valence-corrected chi connectivity index (χ4v) is 2.82. The van der Waals surface area contributed by atoms with Crippen LogP contribution in [-0.2, 0) is 11.0 Å². The monoisotopic (exact) mass is 315 g/mol. The van der Waals surface area contributed by atoms with Crippen LogP contribution in [0, 0.1) is 18.3 Å². The molecule has 1 aliphatic rings. The fraction of sp³-hybridized carbons (Fsp3) is 0.462. The zero-order valence-electron chi connectivity index (χ0n) is 11.2. The van der Waals surface area contributed by atoms with Crippen LogP contribution in [0.25, 0.3) is 0 Å². The molecule has 4 nitrogen and oxygen atoms in total. The zero-order chi connectivity index (χ0) is 15.6. The molecular weight excluding hydrogens is 303 g/mol. The van der Waals surface area contributed by atoms with Gasteiger partial charge >= 0.3 is 6.18 Å². The van der Waals surface area contributed by atoms with Crippen molar-refractivity contribution in [2.24, 2.45) is 0 Å². The second-order valence-electron chi connectivity index (χ2n) is 4.62. The number of amides is 1. The summed E-state index contributed by atoms with van der Waals surface area (Å²) in [7, 11) is 0. The Balaban J connectivity index is 2.24. The molecule has 2 rings (SSSR count). The molecule has 1 saturated heterocycles. The van der Waals surface area contributed by atoms with Crippen LogP contribution in [0.2, 0.25) is 0 Å². The van der Waals surface area contributed by atoms with Gasteiger partial charge in [-0.05, 0) is 19.4 Å². The average Bonchev–Trinajstić information content (AvgIpc) is 2.32. The Morgan fingerprint density at radius 3 is 2.67 bits per heavy atom. The van der Waals surface area contributed by atoms with Crippen LogP contribution in [0.3, 0.4) is 0 Å². The van der Waals surface area contributed by atoms with Crippen molar-refractivity contribution in [1.29, 1.82) is 5.26 Å². The molecule has 112 valence electrons. The lowest BCUT2D eigenvalue weighted by molar-refractivity contribution is -0.138. The Morgan fingerprint density at radius 2 is 2.19 bits per heavy atom. The molecule has 0 bridgehead atoms. The number of nitrogens with zero attached hydrogens (tertiary/aromatic N) is 3. The minimum Gasteiger partial charge on any atom is -0.342 e. The van der Waals surface area contributed by atoms with Crippen molar-refractivity contribution in [2.45, 2.75) is 24.5 Å². The van der Waals surface area contributed by atoms with Gasteiger partial charge < -0.3 is 4.90 Å². The number of pyridine rings is 1. The molecule has 1 amide bonds. The number of hydrogen-bond donors (Lipinski definition) is 0. The van der Waals surface area contributed by atoms with Crippen LogP contribution < -0.4 is 0 Å². The maximum atomic E-state index is 12.9. The molecular formula is C13H12F3N3OS. The number of hydrogen-bond acceptors (Lipinski definition) is 4. The highest BCUT2D eigenvalue weighted by Crippen LogP contribution is 2.35. The number of alkyl halides is 3. The van der Waals surface area contributed by atoms with Gasteiger partial charge in [-0.1, -0.05) is 11.8 Å². The zero-order valence-corrected chi connectivity index (χ0v) is 12.0. The van der Waals surface area contributed by atoms with Crippen LogP contribution in [0.1, 0.15) is 23.2 Å². The number of halogens is 3. The third-order valence-corrected chi connectivity index (χ3v) is 4.03. The van der Waals surface area contributed by atoms with Crippen LogP contribution >= 0.6 is 11.8 Å². The number of aromatic nitrogens is 1. The number of nitriles is 1. The van der Waals surface area contributed by atoms with Gasteiger partial charge in [0.05, 0.1) is 16.9 Å². The van der Waals surface area contributed by atoms with E-state index in [-0.39, 0.29) is 22.4 Å². The van der Waals surface area contributed by atoms with Crippen molar-refractivity contribution in [1.82, 2.24) is 9.88 Å². The molecule has 0 saturated carbocycles. The summed E-state index contributed by atoms with van der Waals surface area (Å²) in [4.78, 5) is 17.3. The molecule has 1 aromatic rings. The molecule has 0 spiro atoms. The second-order valence-corrected chi connectivity index (χ2v) is 5.59. The van der Waals surface area contributed by atoms with Crippen molar-refractivity contribution in [3.63, 3.8) is 0 Å². The molecule has 0 aromatic carbocycles. The van der Waals surface area contributed by atoms with E-state index in [2.05, 4.69) is 4.98 Å². The first kappa shape index (κ1) is 15.6. The van der Waals surface area contributed by atoms with E-state index >= 15 is 0 Å². The Morgan fingerprint density at radius 1 is 1.52 bits per heavy atom. The van der Waals surface area contributed by atoms with Crippen LogP contribution in [-0.4, -0.2) is 34.6 Å². The first-order chi connectivity index (χ1) is 9.82. The van der Waals surface area contributed by atoms with Gasteiger partial charge in [-0.25, -0.2) is 4.98 Å². The van der Waals surface area contributed by atoms with Crippen molar-refractivity contribution < 1.29 is 18.0 Å². The first-order valence-corrected chi connectivity index (χ1v) is 7.21. The molecule has 0 atom stereocenters. The molecule has 1 fully saturated rings. The molecule has 2 heterocycles. The van der Waals surface area contributed by atoms with Crippen LogP contribution in [0.4, 0.5) is 13.2 Å². The van der Waals surface area contributed by atoms with Gasteiger partial charge in [0.15, 0.2) is 0 Å². The number of rotatable bonds is 3. The maximum Gasteiger partial charge on any atom is 0.417 e. The van der Waals surface area contributed by atoms with E-state index in [1.165, 1.54) is 6.92 Å². The normalized spacial score (nSPS) is 14.5. The summed E-state index contributed by atoms with van der Waals surface area (Å²) in [5, 5.41) is 8.94. The maximum absolute atomic E-state index is 12.9. The number of thioether (sulfide) groups is 1. The lowest BCUT2D eigenvalue weighted by Gasteiger charge is -2.30. The van der Waals surface area contributed by atoms with Crippen molar-refractivity contribution >= 4 is 17.7 Å². The highest BCUT2D eigenvalue weighted by atomic mass is 32.2. The lowest BCUT2D eigenvalue weighted by atomic mass is 10.1. The molecule has 0 aliphatic carbocycles. The summed E-state index contributed by atoms with van der Waals surface area (Å²) in [6.45, 7) is 2.79. The lowest BCUT2D eigenvalue weighted by Crippen LogP contribution is -2.43. The third-order valence-electron chi connectivity index (χ3n) is 3.07. The Hall–Kier alpha value is -1.75. The number of likely N-dealkylation sites (tertiary alicyclic amines) is 1. The number of carbonyl (C=O) groups is 1.